The van der Waals surface area contributed by atoms with Crippen molar-refractivity contribution < 1.29 is 4.79 Å². The fraction of sp³-hybridized carbons (Fsp3) is 0.565. The van der Waals surface area contributed by atoms with E-state index in [4.69, 9.17) is 0 Å². The van der Waals surface area contributed by atoms with Crippen molar-refractivity contribution in [3.8, 4) is 0 Å². The van der Waals surface area contributed by atoms with Crippen LogP contribution < -0.4 is 5.01 Å². The van der Waals surface area contributed by atoms with Crippen molar-refractivity contribution in [2.24, 2.45) is 10.1 Å². The second-order valence-electron chi connectivity index (χ2n) is 7.19. The van der Waals surface area contributed by atoms with Crippen LogP contribution in [0.5, 0.6) is 0 Å². The molecule has 1 aliphatic heterocycles. The standard InChI is InChI=1S/C23H33N3O/c1-3-4-5-6-7-8-9-10-11-15-18-24-19-22-20(2)25-26(23(22)27)21-16-13-12-14-17-21/h12-14,16-17H,3-11,15,18H2,1-2H3. The van der Waals surface area contributed by atoms with Crippen LogP contribution in [0.3, 0.4) is 0 Å². The van der Waals surface area contributed by atoms with E-state index in [-0.39, 0.29) is 5.91 Å². The van der Waals surface area contributed by atoms with Gasteiger partial charge in [-0.1, -0.05) is 82.9 Å². The first kappa shape index (κ1) is 21.1. The smallest absolute Gasteiger partial charge is 0.266 e. The largest absolute Gasteiger partial charge is 0.290 e. The Balaban J connectivity index is 1.66. The van der Waals surface area contributed by atoms with Gasteiger partial charge in [0.15, 0.2) is 0 Å². The van der Waals surface area contributed by atoms with Crippen molar-refractivity contribution in [1.29, 1.82) is 0 Å². The summed E-state index contributed by atoms with van der Waals surface area (Å²) in [5.41, 5.74) is 1.93. The SMILES string of the molecule is CCCCCCCCCCCCN=C=C1C(=O)N(c2ccccc2)N=C1C. The average Bonchev–Trinajstić information content (AvgIpc) is 2.97. The molecule has 0 saturated carbocycles. The molecule has 1 aliphatic rings. The van der Waals surface area contributed by atoms with Gasteiger partial charge < -0.3 is 0 Å². The Labute approximate surface area is 164 Å². The third kappa shape index (κ3) is 7.15. The number of hydrogen-bond acceptors (Lipinski definition) is 3. The van der Waals surface area contributed by atoms with Crippen molar-refractivity contribution in [3.05, 3.63) is 35.9 Å². The number of benzene rings is 1. The summed E-state index contributed by atoms with van der Waals surface area (Å²) in [6, 6.07) is 9.46. The minimum Gasteiger partial charge on any atom is -0.266 e. The first-order valence-electron chi connectivity index (χ1n) is 10.5. The van der Waals surface area contributed by atoms with Crippen LogP contribution in [-0.4, -0.2) is 24.0 Å². The van der Waals surface area contributed by atoms with Crippen molar-refractivity contribution in [2.45, 2.75) is 78.1 Å². The van der Waals surface area contributed by atoms with E-state index >= 15 is 0 Å². The Kier molecular flexibility index (Phi) is 9.57. The molecule has 0 spiro atoms. The molecule has 146 valence electrons. The fourth-order valence-corrected chi connectivity index (χ4v) is 3.19. The second-order valence-corrected chi connectivity index (χ2v) is 7.19. The van der Waals surface area contributed by atoms with Crippen LogP contribution >= 0.6 is 0 Å². The van der Waals surface area contributed by atoms with Gasteiger partial charge in [0.05, 0.1) is 11.4 Å². The summed E-state index contributed by atoms with van der Waals surface area (Å²) in [6.07, 6.45) is 13.1. The predicted molar refractivity (Wildman–Crippen MR) is 115 cm³/mol. The lowest BCUT2D eigenvalue weighted by molar-refractivity contribution is -0.114. The Morgan fingerprint density at radius 3 is 2.15 bits per heavy atom. The molecular formula is C23H33N3O. The van der Waals surface area contributed by atoms with E-state index in [1.165, 1.54) is 62.8 Å². The molecule has 0 radical (unpaired) electrons. The number of hydrazone groups is 1. The molecule has 4 heteroatoms. The molecule has 0 saturated heterocycles. The van der Waals surface area contributed by atoms with Crippen molar-refractivity contribution in [2.75, 3.05) is 11.6 Å². The summed E-state index contributed by atoms with van der Waals surface area (Å²) in [4.78, 5) is 16.8. The number of nitrogens with zero attached hydrogens (tertiary/aromatic N) is 3. The van der Waals surface area contributed by atoms with Gasteiger partial charge in [-0.2, -0.15) is 10.1 Å². The van der Waals surface area contributed by atoms with Crippen molar-refractivity contribution in [1.82, 2.24) is 0 Å². The van der Waals surface area contributed by atoms with E-state index in [2.05, 4.69) is 22.9 Å². The minimum atomic E-state index is -0.148. The molecular weight excluding hydrogens is 334 g/mol. The highest BCUT2D eigenvalue weighted by molar-refractivity contribution is 6.34. The zero-order chi connectivity index (χ0) is 19.3. The third-order valence-electron chi connectivity index (χ3n) is 4.83. The summed E-state index contributed by atoms with van der Waals surface area (Å²) < 4.78 is 0. The molecule has 4 nitrogen and oxygen atoms in total. The zero-order valence-electron chi connectivity index (χ0n) is 16.9. The minimum absolute atomic E-state index is 0.148. The van der Waals surface area contributed by atoms with Gasteiger partial charge in [0, 0.05) is 6.54 Å². The zero-order valence-corrected chi connectivity index (χ0v) is 16.9. The van der Waals surface area contributed by atoms with Crippen LogP contribution in [0.2, 0.25) is 0 Å². The van der Waals surface area contributed by atoms with Crippen LogP contribution in [0, 0.1) is 0 Å². The first-order valence-corrected chi connectivity index (χ1v) is 10.5. The number of unbranched alkanes of at least 4 members (excludes halogenated alkanes) is 9. The average molecular weight is 368 g/mol. The monoisotopic (exact) mass is 367 g/mol. The second kappa shape index (κ2) is 12.2. The van der Waals surface area contributed by atoms with Gasteiger partial charge in [-0.15, -0.1) is 0 Å². The summed E-state index contributed by atoms with van der Waals surface area (Å²) in [7, 11) is 0. The molecule has 0 fully saturated rings. The van der Waals surface area contributed by atoms with Gasteiger partial charge in [0.1, 0.15) is 5.57 Å². The van der Waals surface area contributed by atoms with Crippen LogP contribution in [0.15, 0.2) is 46.0 Å². The molecule has 1 aromatic carbocycles. The van der Waals surface area contributed by atoms with Gasteiger partial charge in [0.25, 0.3) is 5.91 Å². The number of hydrogen-bond donors (Lipinski definition) is 0. The number of aliphatic imine (C=N–C) groups is 1. The van der Waals surface area contributed by atoms with E-state index in [0.717, 1.165) is 18.7 Å². The van der Waals surface area contributed by atoms with Crippen molar-refractivity contribution >= 4 is 23.2 Å². The van der Waals surface area contributed by atoms with Crippen LogP contribution in [-0.2, 0) is 4.79 Å². The molecule has 0 bridgehead atoms. The summed E-state index contributed by atoms with van der Waals surface area (Å²) in [5, 5.41) is 5.76. The van der Waals surface area contributed by atoms with E-state index in [1.54, 1.807) is 0 Å². The lowest BCUT2D eigenvalue weighted by Crippen LogP contribution is -2.21. The van der Waals surface area contributed by atoms with Gasteiger partial charge in [0.2, 0.25) is 0 Å². The van der Waals surface area contributed by atoms with E-state index < -0.39 is 0 Å². The number of amides is 1. The third-order valence-corrected chi connectivity index (χ3v) is 4.83. The molecule has 1 heterocycles. The van der Waals surface area contributed by atoms with Crippen LogP contribution in [0.4, 0.5) is 5.69 Å². The van der Waals surface area contributed by atoms with Crippen LogP contribution in [0.25, 0.3) is 0 Å². The van der Waals surface area contributed by atoms with E-state index in [1.807, 2.05) is 37.3 Å². The first-order chi connectivity index (χ1) is 13.2. The van der Waals surface area contributed by atoms with Gasteiger partial charge in [-0.05, 0) is 31.3 Å². The summed E-state index contributed by atoms with van der Waals surface area (Å²) >= 11 is 0. The highest BCUT2D eigenvalue weighted by Crippen LogP contribution is 2.21. The molecule has 2 rings (SSSR count). The molecule has 0 atom stereocenters. The molecule has 0 N–H and O–H groups in total. The Morgan fingerprint density at radius 2 is 1.52 bits per heavy atom. The Morgan fingerprint density at radius 1 is 0.926 bits per heavy atom. The van der Waals surface area contributed by atoms with E-state index in [9.17, 15) is 4.79 Å². The van der Waals surface area contributed by atoms with Gasteiger partial charge in [-0.3, -0.25) is 4.79 Å². The lowest BCUT2D eigenvalue weighted by Gasteiger charge is -2.10. The molecule has 0 aliphatic carbocycles. The molecule has 27 heavy (non-hydrogen) atoms. The predicted octanol–water partition coefficient (Wildman–Crippen LogP) is 5.93. The summed E-state index contributed by atoms with van der Waals surface area (Å²) in [6.45, 7) is 4.82. The number of anilines is 1. The number of para-hydroxylation sites is 1. The number of carbonyl (C=O) groups excluding carboxylic acids is 1. The summed E-state index contributed by atoms with van der Waals surface area (Å²) in [5.74, 6) is 2.78. The Hall–Kier alpha value is -2.19. The molecule has 1 aromatic rings. The maximum Gasteiger partial charge on any atom is 0.290 e. The normalized spacial score (nSPS) is 13.7. The lowest BCUT2D eigenvalue weighted by atomic mass is 10.1. The number of carbonyl (C=O) groups is 1. The van der Waals surface area contributed by atoms with Gasteiger partial charge >= 0.3 is 0 Å². The molecule has 0 aromatic heterocycles. The highest BCUT2D eigenvalue weighted by Gasteiger charge is 2.28. The molecule has 0 unspecified atom stereocenters. The van der Waals surface area contributed by atoms with Crippen molar-refractivity contribution in [3.63, 3.8) is 0 Å². The Bertz CT molecular complexity index is 672. The van der Waals surface area contributed by atoms with Gasteiger partial charge in [-0.25, -0.2) is 4.99 Å². The number of rotatable bonds is 12. The quantitative estimate of drug-likeness (QED) is 0.257. The maximum absolute atomic E-state index is 12.5. The van der Waals surface area contributed by atoms with Crippen LogP contribution in [0.1, 0.15) is 78.1 Å². The molecule has 1 amide bonds. The topological polar surface area (TPSA) is 45.0 Å². The van der Waals surface area contributed by atoms with E-state index in [0.29, 0.717) is 11.3 Å². The highest BCUT2D eigenvalue weighted by atomic mass is 16.2. The fourth-order valence-electron chi connectivity index (χ4n) is 3.19. The maximum atomic E-state index is 12.5.